The molecule has 0 saturated heterocycles. The van der Waals surface area contributed by atoms with E-state index in [2.05, 4.69) is 33.7 Å². The van der Waals surface area contributed by atoms with Gasteiger partial charge in [0.2, 0.25) is 0 Å². The van der Waals surface area contributed by atoms with Crippen molar-refractivity contribution in [1.82, 2.24) is 15.3 Å². The van der Waals surface area contributed by atoms with Crippen molar-refractivity contribution in [3.63, 3.8) is 0 Å². The molecule has 1 saturated carbocycles. The topological polar surface area (TPSA) is 37.8 Å². The predicted octanol–water partition coefficient (Wildman–Crippen LogP) is 2.77. The highest BCUT2D eigenvalue weighted by Crippen LogP contribution is 2.25. The summed E-state index contributed by atoms with van der Waals surface area (Å²) in [5, 5.41) is 6.62. The van der Waals surface area contributed by atoms with Crippen LogP contribution in [0, 0.1) is 6.92 Å². The van der Waals surface area contributed by atoms with E-state index in [-0.39, 0.29) is 0 Å². The summed E-state index contributed by atoms with van der Waals surface area (Å²) >= 11 is 1.68. The molecule has 2 aromatic heterocycles. The molecule has 1 N–H and O–H groups in total. The van der Waals surface area contributed by atoms with Gasteiger partial charge in [-0.05, 0) is 31.4 Å². The Hall–Kier alpha value is -1.26. The summed E-state index contributed by atoms with van der Waals surface area (Å²) in [7, 11) is 0. The third-order valence-corrected chi connectivity index (χ3v) is 3.81. The third-order valence-electron chi connectivity index (χ3n) is 2.91. The first-order valence-corrected chi connectivity index (χ1v) is 6.80. The SMILES string of the molecule is Cc1cccnc1-c1nc(CNC2CC2)cs1. The molecule has 0 atom stereocenters. The molecule has 1 aliphatic carbocycles. The van der Waals surface area contributed by atoms with E-state index < -0.39 is 0 Å². The van der Waals surface area contributed by atoms with Crippen molar-refractivity contribution in [3.8, 4) is 10.7 Å². The fourth-order valence-corrected chi connectivity index (χ4v) is 2.62. The number of nitrogens with one attached hydrogen (secondary N) is 1. The summed E-state index contributed by atoms with van der Waals surface area (Å²) in [5.41, 5.74) is 3.32. The Bertz CT molecular complexity index is 517. The van der Waals surface area contributed by atoms with Gasteiger partial charge in [-0.15, -0.1) is 11.3 Å². The lowest BCUT2D eigenvalue weighted by atomic mass is 10.2. The van der Waals surface area contributed by atoms with E-state index in [1.165, 1.54) is 18.4 Å². The molecule has 0 aromatic carbocycles. The van der Waals surface area contributed by atoms with Gasteiger partial charge in [0.15, 0.2) is 0 Å². The molecule has 17 heavy (non-hydrogen) atoms. The first-order chi connectivity index (χ1) is 8.33. The molecular formula is C13H15N3S. The highest BCUT2D eigenvalue weighted by atomic mass is 32.1. The lowest BCUT2D eigenvalue weighted by Gasteiger charge is -2.00. The maximum atomic E-state index is 4.63. The molecule has 3 nitrogen and oxygen atoms in total. The Morgan fingerprint density at radius 2 is 2.35 bits per heavy atom. The van der Waals surface area contributed by atoms with Crippen LogP contribution in [0.15, 0.2) is 23.7 Å². The Labute approximate surface area is 105 Å². The van der Waals surface area contributed by atoms with Crippen LogP contribution in [0.3, 0.4) is 0 Å². The molecule has 1 fully saturated rings. The average molecular weight is 245 g/mol. The number of hydrogen-bond donors (Lipinski definition) is 1. The van der Waals surface area contributed by atoms with Crippen LogP contribution in [0.2, 0.25) is 0 Å². The van der Waals surface area contributed by atoms with Crippen LogP contribution in [0.5, 0.6) is 0 Å². The van der Waals surface area contributed by atoms with Gasteiger partial charge >= 0.3 is 0 Å². The zero-order chi connectivity index (χ0) is 11.7. The molecule has 0 radical (unpaired) electrons. The second-order valence-corrected chi connectivity index (χ2v) is 5.33. The first-order valence-electron chi connectivity index (χ1n) is 5.93. The van der Waals surface area contributed by atoms with Crippen LogP contribution < -0.4 is 5.32 Å². The highest BCUT2D eigenvalue weighted by molar-refractivity contribution is 7.13. The maximum Gasteiger partial charge on any atom is 0.142 e. The fraction of sp³-hybridized carbons (Fsp3) is 0.385. The van der Waals surface area contributed by atoms with Crippen molar-refractivity contribution >= 4 is 11.3 Å². The number of rotatable bonds is 4. The van der Waals surface area contributed by atoms with Gasteiger partial charge in [0.05, 0.1) is 5.69 Å². The molecule has 88 valence electrons. The van der Waals surface area contributed by atoms with Crippen molar-refractivity contribution in [2.24, 2.45) is 0 Å². The van der Waals surface area contributed by atoms with E-state index in [0.29, 0.717) is 0 Å². The molecule has 3 rings (SSSR count). The van der Waals surface area contributed by atoms with E-state index in [9.17, 15) is 0 Å². The third kappa shape index (κ3) is 2.53. The predicted molar refractivity (Wildman–Crippen MR) is 69.9 cm³/mol. The van der Waals surface area contributed by atoms with Crippen LogP contribution in [0.4, 0.5) is 0 Å². The van der Waals surface area contributed by atoms with E-state index in [1.54, 1.807) is 11.3 Å². The summed E-state index contributed by atoms with van der Waals surface area (Å²) in [6, 6.07) is 4.77. The summed E-state index contributed by atoms with van der Waals surface area (Å²) in [4.78, 5) is 9.03. The van der Waals surface area contributed by atoms with E-state index in [0.717, 1.165) is 29.0 Å². The van der Waals surface area contributed by atoms with Crippen LogP contribution >= 0.6 is 11.3 Å². The minimum absolute atomic E-state index is 0.733. The normalized spacial score (nSPS) is 15.1. The maximum absolute atomic E-state index is 4.63. The zero-order valence-electron chi connectivity index (χ0n) is 9.81. The first kappa shape index (κ1) is 10.9. The van der Waals surface area contributed by atoms with Crippen molar-refractivity contribution in [3.05, 3.63) is 35.0 Å². The number of aryl methyl sites for hydroxylation is 1. The number of thiazole rings is 1. The lowest BCUT2D eigenvalue weighted by molar-refractivity contribution is 0.677. The lowest BCUT2D eigenvalue weighted by Crippen LogP contribution is -2.15. The number of aromatic nitrogens is 2. The second kappa shape index (κ2) is 4.55. The van der Waals surface area contributed by atoms with Crippen molar-refractivity contribution in [1.29, 1.82) is 0 Å². The summed E-state index contributed by atoms with van der Waals surface area (Å²) in [6.07, 6.45) is 4.46. The van der Waals surface area contributed by atoms with Gasteiger partial charge < -0.3 is 5.32 Å². The Morgan fingerprint density at radius 3 is 3.12 bits per heavy atom. The summed E-state index contributed by atoms with van der Waals surface area (Å²) in [5.74, 6) is 0. The van der Waals surface area contributed by atoms with Crippen LogP contribution in [0.1, 0.15) is 24.1 Å². The summed E-state index contributed by atoms with van der Waals surface area (Å²) < 4.78 is 0. The average Bonchev–Trinajstić information content (AvgIpc) is 3.06. The van der Waals surface area contributed by atoms with Gasteiger partial charge in [-0.25, -0.2) is 4.98 Å². The van der Waals surface area contributed by atoms with E-state index in [1.807, 2.05) is 12.3 Å². The molecule has 0 bridgehead atoms. The molecule has 0 unspecified atom stereocenters. The minimum Gasteiger partial charge on any atom is -0.308 e. The van der Waals surface area contributed by atoms with E-state index in [4.69, 9.17) is 0 Å². The monoisotopic (exact) mass is 245 g/mol. The van der Waals surface area contributed by atoms with Crippen molar-refractivity contribution < 1.29 is 0 Å². The molecule has 4 heteroatoms. The molecule has 2 aromatic rings. The van der Waals surface area contributed by atoms with Crippen LogP contribution in [0.25, 0.3) is 10.7 Å². The van der Waals surface area contributed by atoms with Gasteiger partial charge in [-0.1, -0.05) is 6.07 Å². The smallest absolute Gasteiger partial charge is 0.142 e. The molecule has 1 aliphatic rings. The Kier molecular flexibility index (Phi) is 2.91. The van der Waals surface area contributed by atoms with Gasteiger partial charge in [-0.2, -0.15) is 0 Å². The van der Waals surface area contributed by atoms with Gasteiger partial charge in [-0.3, -0.25) is 4.98 Å². The molecule has 2 heterocycles. The fourth-order valence-electron chi connectivity index (χ4n) is 1.74. The van der Waals surface area contributed by atoms with Crippen LogP contribution in [-0.2, 0) is 6.54 Å². The molecule has 0 aliphatic heterocycles. The van der Waals surface area contributed by atoms with Gasteiger partial charge in [0, 0.05) is 24.2 Å². The zero-order valence-corrected chi connectivity index (χ0v) is 10.6. The number of pyridine rings is 1. The minimum atomic E-state index is 0.733. The van der Waals surface area contributed by atoms with Crippen LogP contribution in [-0.4, -0.2) is 16.0 Å². The largest absolute Gasteiger partial charge is 0.308 e. The molecular weight excluding hydrogens is 230 g/mol. The van der Waals surface area contributed by atoms with Gasteiger partial charge in [0.25, 0.3) is 0 Å². The highest BCUT2D eigenvalue weighted by Gasteiger charge is 2.20. The van der Waals surface area contributed by atoms with Crippen molar-refractivity contribution in [2.45, 2.75) is 32.4 Å². The van der Waals surface area contributed by atoms with Crippen molar-refractivity contribution in [2.75, 3.05) is 0 Å². The quantitative estimate of drug-likeness (QED) is 0.900. The standard InChI is InChI=1S/C13H15N3S/c1-9-3-2-6-14-12(9)13-16-11(8-17-13)7-15-10-4-5-10/h2-3,6,8,10,15H,4-5,7H2,1H3. The van der Waals surface area contributed by atoms with Gasteiger partial charge in [0.1, 0.15) is 10.7 Å². The number of nitrogens with zero attached hydrogens (tertiary/aromatic N) is 2. The second-order valence-electron chi connectivity index (χ2n) is 4.47. The number of hydrogen-bond acceptors (Lipinski definition) is 4. The molecule has 0 amide bonds. The Morgan fingerprint density at radius 1 is 1.47 bits per heavy atom. The summed E-state index contributed by atoms with van der Waals surface area (Å²) in [6.45, 7) is 2.96. The Balaban J connectivity index is 1.77. The molecule has 0 spiro atoms. The van der Waals surface area contributed by atoms with E-state index >= 15 is 0 Å².